The Morgan fingerprint density at radius 3 is 1.46 bits per heavy atom. The molecule has 79 heavy (non-hydrogen) atoms. The molecule has 0 aliphatic carbocycles. The number of nitrogens with one attached hydrogen (secondary N) is 1. The molecule has 17 nitrogen and oxygen atoms in total. The second-order valence-corrected chi connectivity index (χ2v) is 19.6. The molecule has 6 heterocycles. The topological polar surface area (TPSA) is 213 Å². The number of imidazole rings is 4. The highest BCUT2D eigenvalue weighted by molar-refractivity contribution is 14.1. The SMILES string of the molecule is CC(C)c1ccccc1-c1ncc2[nH]c(=O)n(Cc3ccc(-c4nc(C(F)(F)F)cn4CCO)cc3)c2n1.CC(C)c1ccccc1-c1ncc2c(n1)n(Cc1ccc(-c3nc(C(F)(F)F)cn3CCO)cc1)c(=O)n2I.CO. The molecule has 24 heteroatoms. The third kappa shape index (κ3) is 12.4. The maximum absolute atomic E-state index is 13.2. The normalized spacial score (nSPS) is 11.9. The molecule has 4 aromatic carbocycles. The average Bonchev–Trinajstić information content (AvgIpc) is 4.22. The van der Waals surface area contributed by atoms with Gasteiger partial charge in [-0.3, -0.25) is 9.13 Å². The molecule has 10 rings (SSSR count). The van der Waals surface area contributed by atoms with Gasteiger partial charge in [0.1, 0.15) is 22.7 Å². The molecule has 0 unspecified atom stereocenters. The van der Waals surface area contributed by atoms with E-state index in [1.54, 1.807) is 65.5 Å². The highest BCUT2D eigenvalue weighted by atomic mass is 127. The van der Waals surface area contributed by atoms with Crippen molar-refractivity contribution in [3.63, 3.8) is 0 Å². The van der Waals surface area contributed by atoms with Gasteiger partial charge in [0, 0.05) is 54.8 Å². The van der Waals surface area contributed by atoms with Gasteiger partial charge in [0.15, 0.2) is 34.3 Å². The third-order valence-corrected chi connectivity index (χ3v) is 13.6. The largest absolute Gasteiger partial charge is 0.434 e. The van der Waals surface area contributed by atoms with Crippen LogP contribution in [0.1, 0.15) is 73.2 Å². The first-order valence-corrected chi connectivity index (χ1v) is 25.6. The summed E-state index contributed by atoms with van der Waals surface area (Å²) in [6, 6.07) is 29.3. The Morgan fingerprint density at radius 1 is 0.582 bits per heavy atom. The number of rotatable bonds is 14. The summed E-state index contributed by atoms with van der Waals surface area (Å²) >= 11 is 1.92. The highest BCUT2D eigenvalue weighted by Gasteiger charge is 2.36. The second kappa shape index (κ2) is 24.1. The molecule has 10 aromatic rings. The third-order valence-electron chi connectivity index (χ3n) is 12.7. The number of hydrogen-bond donors (Lipinski definition) is 4. The van der Waals surface area contributed by atoms with Gasteiger partial charge in [0.25, 0.3) is 0 Å². The first-order chi connectivity index (χ1) is 37.7. The molecule has 0 saturated carbocycles. The fourth-order valence-corrected chi connectivity index (χ4v) is 9.51. The lowest BCUT2D eigenvalue weighted by Crippen LogP contribution is -2.20. The Morgan fingerprint density at radius 2 is 1.01 bits per heavy atom. The summed E-state index contributed by atoms with van der Waals surface area (Å²) in [7, 11) is 1.00. The van der Waals surface area contributed by atoms with Gasteiger partial charge in [0.05, 0.1) is 61.6 Å². The summed E-state index contributed by atoms with van der Waals surface area (Å²) in [5, 5.41) is 25.5. The summed E-state index contributed by atoms with van der Waals surface area (Å²) < 4.78 is 86.3. The van der Waals surface area contributed by atoms with Crippen molar-refractivity contribution in [3.05, 3.63) is 176 Å². The molecule has 0 radical (unpaired) electrons. The number of halogens is 7. The number of aliphatic hydroxyl groups is 3. The van der Waals surface area contributed by atoms with E-state index in [4.69, 9.17) is 15.1 Å². The van der Waals surface area contributed by atoms with Crippen molar-refractivity contribution in [2.24, 2.45) is 0 Å². The van der Waals surface area contributed by atoms with Crippen LogP contribution in [0.15, 0.2) is 131 Å². The number of fused-ring (bicyclic) bond motifs is 2. The lowest BCUT2D eigenvalue weighted by molar-refractivity contribution is -0.141. The van der Waals surface area contributed by atoms with E-state index in [1.807, 2.05) is 71.4 Å². The Hall–Kier alpha value is -7.81. The van der Waals surface area contributed by atoms with Crippen LogP contribution < -0.4 is 11.4 Å². The number of H-pyrrole nitrogens is 1. The molecule has 4 N–H and O–H groups in total. The van der Waals surface area contributed by atoms with E-state index >= 15 is 0 Å². The molecule has 0 bridgehead atoms. The van der Waals surface area contributed by atoms with Crippen molar-refractivity contribution in [2.75, 3.05) is 20.3 Å². The average molecular weight is 1200 g/mol. The van der Waals surface area contributed by atoms with E-state index in [9.17, 15) is 46.1 Å². The van der Waals surface area contributed by atoms with Crippen molar-refractivity contribution < 1.29 is 41.7 Å². The highest BCUT2D eigenvalue weighted by Crippen LogP contribution is 2.34. The summed E-state index contributed by atoms with van der Waals surface area (Å²) in [5.41, 5.74) is 5.76. The molecule has 0 aliphatic rings. The predicted octanol–water partition coefficient (Wildman–Crippen LogP) is 9.95. The minimum Gasteiger partial charge on any atom is -0.400 e. The van der Waals surface area contributed by atoms with Crippen LogP contribution >= 0.6 is 22.9 Å². The summed E-state index contributed by atoms with van der Waals surface area (Å²) in [6.07, 6.45) is -4.18. The van der Waals surface area contributed by atoms with E-state index in [1.165, 1.54) is 16.5 Å². The summed E-state index contributed by atoms with van der Waals surface area (Å²) in [4.78, 5) is 54.6. The van der Waals surface area contributed by atoms with Crippen LogP contribution in [0.5, 0.6) is 0 Å². The summed E-state index contributed by atoms with van der Waals surface area (Å²) in [5.74, 6) is 1.76. The zero-order valence-electron chi connectivity index (χ0n) is 43.2. The van der Waals surface area contributed by atoms with Gasteiger partial charge in [0.2, 0.25) is 0 Å². The zero-order valence-corrected chi connectivity index (χ0v) is 45.3. The lowest BCUT2D eigenvalue weighted by atomic mass is 9.97. The van der Waals surface area contributed by atoms with Crippen molar-refractivity contribution in [3.8, 4) is 45.6 Å². The van der Waals surface area contributed by atoms with Crippen molar-refractivity contribution in [1.82, 2.24) is 55.9 Å². The number of hydrogen-bond acceptors (Lipinski definition) is 11. The zero-order chi connectivity index (χ0) is 56.9. The molecular weight excluding hydrogens is 1150 g/mol. The van der Waals surface area contributed by atoms with Crippen LogP contribution in [0, 0.1) is 0 Å². The minimum absolute atomic E-state index is 0.0210. The number of nitrogens with zero attached hydrogens (tertiary/aromatic N) is 11. The van der Waals surface area contributed by atoms with Crippen LogP contribution in [0.25, 0.3) is 67.9 Å². The lowest BCUT2D eigenvalue weighted by Gasteiger charge is -2.11. The molecule has 0 fully saturated rings. The van der Waals surface area contributed by atoms with E-state index in [2.05, 4.69) is 52.6 Å². The van der Waals surface area contributed by atoms with Gasteiger partial charge in [-0.1, -0.05) is 125 Å². The fourth-order valence-electron chi connectivity index (χ4n) is 8.91. The molecular formula is C55H53F6IN12O5. The van der Waals surface area contributed by atoms with Crippen LogP contribution in [0.4, 0.5) is 26.3 Å². The van der Waals surface area contributed by atoms with E-state index < -0.39 is 23.7 Å². The van der Waals surface area contributed by atoms with Crippen LogP contribution in [0.3, 0.4) is 0 Å². The number of aliphatic hydroxyl groups excluding tert-OH is 3. The monoisotopic (exact) mass is 1200 g/mol. The van der Waals surface area contributed by atoms with Crippen LogP contribution in [0.2, 0.25) is 0 Å². The number of benzene rings is 4. The van der Waals surface area contributed by atoms with E-state index in [0.717, 1.165) is 52.9 Å². The van der Waals surface area contributed by atoms with Gasteiger partial charge in [-0.2, -0.15) is 26.3 Å². The molecule has 412 valence electrons. The van der Waals surface area contributed by atoms with E-state index in [-0.39, 0.29) is 74.3 Å². The fraction of sp³-hybridized carbons (Fsp3) is 0.273. The van der Waals surface area contributed by atoms with E-state index in [0.29, 0.717) is 45.1 Å². The molecule has 0 amide bonds. The van der Waals surface area contributed by atoms with Crippen LogP contribution in [-0.2, 0) is 38.5 Å². The molecule has 6 aromatic heterocycles. The van der Waals surface area contributed by atoms with Crippen molar-refractivity contribution in [2.45, 2.75) is 78.1 Å². The van der Waals surface area contributed by atoms with Gasteiger partial charge >= 0.3 is 23.7 Å². The second-order valence-electron chi connectivity index (χ2n) is 18.6. The smallest absolute Gasteiger partial charge is 0.400 e. The Labute approximate surface area is 461 Å². The molecule has 0 saturated heterocycles. The molecule has 0 spiro atoms. The quantitative estimate of drug-likeness (QED) is 0.0594. The Balaban J connectivity index is 0.000000202. The maximum atomic E-state index is 13.2. The number of aromatic nitrogens is 12. The van der Waals surface area contributed by atoms with Crippen molar-refractivity contribution in [1.29, 1.82) is 0 Å². The number of alkyl halides is 6. The first-order valence-electron chi connectivity index (χ1n) is 24.7. The van der Waals surface area contributed by atoms with Gasteiger partial charge in [-0.05, 0) is 34.1 Å². The first kappa shape index (κ1) is 57.4. The molecule has 0 aliphatic heterocycles. The maximum Gasteiger partial charge on any atom is 0.434 e. The Kier molecular flexibility index (Phi) is 17.5. The Bertz CT molecular complexity index is 3860. The number of aromatic amines is 1. The van der Waals surface area contributed by atoms with Gasteiger partial charge < -0.3 is 29.4 Å². The standard InChI is InChI=1S/C27H24F3IN6O2.C27H25F3N6O2.CH4O/c1-16(2)19-5-3-4-6-20(19)23-32-13-21-25(34-23)36(26(39)37(21)31)14-17-7-9-18(10-8-17)24-33-22(27(28,29)30)15-35(24)11-12-38;1-16(2)19-5-3-4-6-20(19)23-31-13-21-25(34-23)36(26(38)32-21)14-17-7-9-18(10-8-17)24-33-22(27(28,29)30)15-35(24)11-12-37;1-2/h3-10,13,15-16,38H,11-12,14H2,1-2H3;3-10,13,15-16,37H,11-12,14H2,1-2H3,(H,32,38);2H,1H3. The predicted molar refractivity (Wildman–Crippen MR) is 294 cm³/mol. The minimum atomic E-state index is -4.60. The van der Waals surface area contributed by atoms with Gasteiger partial charge in [-0.15, -0.1) is 0 Å². The van der Waals surface area contributed by atoms with Crippen LogP contribution in [-0.4, -0.2) is 91.6 Å². The summed E-state index contributed by atoms with van der Waals surface area (Å²) in [6.45, 7) is 8.07. The molecule has 0 atom stereocenters. The van der Waals surface area contributed by atoms with Crippen molar-refractivity contribution >= 4 is 45.2 Å². The van der Waals surface area contributed by atoms with Gasteiger partial charge in [-0.25, -0.2) is 42.3 Å².